The third-order valence-corrected chi connectivity index (χ3v) is 18.1. The SMILES string of the molecule is C[C@@H]([C@H](C)P(C1CCCCC1)C1CCCCC1)P(C1CCCCC1)C1CCCCC1. The lowest BCUT2D eigenvalue weighted by atomic mass is 9.99. The molecule has 0 radical (unpaired) electrons. The zero-order chi connectivity index (χ0) is 20.8. The quantitative estimate of drug-likeness (QED) is 0.338. The van der Waals surface area contributed by atoms with Gasteiger partial charge in [-0.3, -0.25) is 0 Å². The molecule has 4 rings (SSSR count). The van der Waals surface area contributed by atoms with Gasteiger partial charge in [0.1, 0.15) is 0 Å². The van der Waals surface area contributed by atoms with Crippen LogP contribution in [0.25, 0.3) is 0 Å². The molecule has 30 heavy (non-hydrogen) atoms. The van der Waals surface area contributed by atoms with Crippen molar-refractivity contribution in [2.45, 2.75) is 176 Å². The predicted molar refractivity (Wildman–Crippen MR) is 140 cm³/mol. The van der Waals surface area contributed by atoms with Crippen LogP contribution < -0.4 is 0 Å². The van der Waals surface area contributed by atoms with Gasteiger partial charge in [0.2, 0.25) is 0 Å². The van der Waals surface area contributed by atoms with Gasteiger partial charge in [-0.15, -0.1) is 0 Å². The van der Waals surface area contributed by atoms with E-state index in [4.69, 9.17) is 0 Å². The Balaban J connectivity index is 1.53. The van der Waals surface area contributed by atoms with E-state index in [2.05, 4.69) is 13.8 Å². The highest BCUT2D eigenvalue weighted by molar-refractivity contribution is 7.64. The molecule has 4 aliphatic rings. The van der Waals surface area contributed by atoms with Gasteiger partial charge in [0.05, 0.1) is 0 Å². The van der Waals surface area contributed by atoms with Crippen LogP contribution in [0.15, 0.2) is 0 Å². The van der Waals surface area contributed by atoms with Crippen molar-refractivity contribution in [1.29, 1.82) is 0 Å². The minimum atomic E-state index is 0.244. The Morgan fingerprint density at radius 2 is 0.567 bits per heavy atom. The van der Waals surface area contributed by atoms with Crippen molar-refractivity contribution >= 4 is 15.8 Å². The Morgan fingerprint density at radius 1 is 0.367 bits per heavy atom. The van der Waals surface area contributed by atoms with Crippen molar-refractivity contribution in [3.63, 3.8) is 0 Å². The summed E-state index contributed by atoms with van der Waals surface area (Å²) in [7, 11) is 0.488. The Bertz CT molecular complexity index is 387. The Hall–Kier alpha value is 0.860. The van der Waals surface area contributed by atoms with Gasteiger partial charge in [-0.2, -0.15) is 0 Å². The van der Waals surface area contributed by atoms with Gasteiger partial charge in [0.25, 0.3) is 0 Å². The van der Waals surface area contributed by atoms with E-state index < -0.39 is 0 Å². The summed E-state index contributed by atoms with van der Waals surface area (Å²) in [5.74, 6) is 0. The lowest BCUT2D eigenvalue weighted by molar-refractivity contribution is 0.475. The first-order chi connectivity index (χ1) is 14.8. The van der Waals surface area contributed by atoms with Gasteiger partial charge in [0, 0.05) is 0 Å². The first-order valence-corrected chi connectivity index (χ1v) is 17.4. The fourth-order valence-corrected chi connectivity index (χ4v) is 17.6. The summed E-state index contributed by atoms with van der Waals surface area (Å²) in [5.41, 5.74) is 6.68. The van der Waals surface area contributed by atoms with Gasteiger partial charge >= 0.3 is 0 Å². The molecule has 0 aliphatic heterocycles. The van der Waals surface area contributed by atoms with Gasteiger partial charge in [-0.05, 0) is 85.3 Å². The van der Waals surface area contributed by atoms with Crippen LogP contribution in [-0.4, -0.2) is 34.0 Å². The molecule has 0 nitrogen and oxygen atoms in total. The highest BCUT2D eigenvalue weighted by Crippen LogP contribution is 2.67. The molecule has 0 unspecified atom stereocenters. The summed E-state index contributed by atoms with van der Waals surface area (Å²) in [6.45, 7) is 5.61. The van der Waals surface area contributed by atoms with Crippen molar-refractivity contribution in [3.05, 3.63) is 0 Å². The molecule has 0 saturated heterocycles. The van der Waals surface area contributed by atoms with Crippen molar-refractivity contribution in [2.75, 3.05) is 0 Å². The van der Waals surface area contributed by atoms with Gasteiger partial charge in [0.15, 0.2) is 0 Å². The molecular formula is C28H52P2. The molecule has 4 saturated carbocycles. The average molecular weight is 451 g/mol. The Kier molecular flexibility index (Phi) is 9.89. The smallest absolute Gasteiger partial charge is 0.0167 e. The molecule has 0 N–H and O–H groups in total. The second-order valence-electron chi connectivity index (χ2n) is 11.5. The normalized spacial score (nSPS) is 28.8. The van der Waals surface area contributed by atoms with Crippen LogP contribution in [0.5, 0.6) is 0 Å². The first-order valence-electron chi connectivity index (χ1n) is 14.3. The average Bonchev–Trinajstić information content (AvgIpc) is 2.82. The van der Waals surface area contributed by atoms with Crippen molar-refractivity contribution in [3.8, 4) is 0 Å². The summed E-state index contributed by atoms with van der Waals surface area (Å²) in [4.78, 5) is 0. The van der Waals surface area contributed by atoms with E-state index in [1.54, 1.807) is 103 Å². The van der Waals surface area contributed by atoms with E-state index in [-0.39, 0.29) is 15.8 Å². The minimum Gasteiger partial charge on any atom is -0.0968 e. The van der Waals surface area contributed by atoms with E-state index in [0.717, 1.165) is 34.0 Å². The maximum Gasteiger partial charge on any atom is -0.0167 e. The molecule has 0 heterocycles. The zero-order valence-electron chi connectivity index (χ0n) is 20.5. The molecule has 4 aliphatic carbocycles. The van der Waals surface area contributed by atoms with E-state index in [1.807, 2.05) is 0 Å². The highest BCUT2D eigenvalue weighted by atomic mass is 31.1. The van der Waals surface area contributed by atoms with Crippen LogP contribution in [0.2, 0.25) is 0 Å². The lowest BCUT2D eigenvalue weighted by Gasteiger charge is -2.49. The Morgan fingerprint density at radius 3 is 0.767 bits per heavy atom. The van der Waals surface area contributed by atoms with Crippen LogP contribution in [0, 0.1) is 0 Å². The van der Waals surface area contributed by atoms with E-state index in [1.165, 1.54) is 25.7 Å². The summed E-state index contributed by atoms with van der Waals surface area (Å²) in [5, 5.41) is 0. The lowest BCUT2D eigenvalue weighted by Crippen LogP contribution is -2.34. The fourth-order valence-electron chi connectivity index (χ4n) is 7.94. The number of rotatable bonds is 7. The molecule has 2 heteroatoms. The van der Waals surface area contributed by atoms with E-state index in [9.17, 15) is 0 Å². The minimum absolute atomic E-state index is 0.244. The maximum atomic E-state index is 2.81. The topological polar surface area (TPSA) is 0 Å². The van der Waals surface area contributed by atoms with Crippen LogP contribution >= 0.6 is 15.8 Å². The van der Waals surface area contributed by atoms with Crippen molar-refractivity contribution in [2.24, 2.45) is 0 Å². The zero-order valence-corrected chi connectivity index (χ0v) is 22.3. The highest BCUT2D eigenvalue weighted by Gasteiger charge is 2.42. The largest absolute Gasteiger partial charge is 0.0968 e. The summed E-state index contributed by atoms with van der Waals surface area (Å²) < 4.78 is 0. The fraction of sp³-hybridized carbons (Fsp3) is 1.00. The molecule has 174 valence electrons. The maximum absolute atomic E-state index is 2.81. The van der Waals surface area contributed by atoms with E-state index >= 15 is 0 Å². The molecule has 4 fully saturated rings. The Labute approximate surface area is 192 Å². The van der Waals surface area contributed by atoms with Crippen LogP contribution in [-0.2, 0) is 0 Å². The first kappa shape index (κ1) is 24.0. The van der Waals surface area contributed by atoms with Crippen molar-refractivity contribution in [1.82, 2.24) is 0 Å². The van der Waals surface area contributed by atoms with Gasteiger partial charge < -0.3 is 0 Å². The van der Waals surface area contributed by atoms with Crippen LogP contribution in [0.3, 0.4) is 0 Å². The molecule has 0 aromatic rings. The second-order valence-corrected chi connectivity index (χ2v) is 17.9. The molecule has 0 bridgehead atoms. The van der Waals surface area contributed by atoms with Crippen molar-refractivity contribution < 1.29 is 0 Å². The third kappa shape index (κ3) is 6.05. The van der Waals surface area contributed by atoms with Gasteiger partial charge in [-0.1, -0.05) is 107 Å². The third-order valence-electron chi connectivity index (χ3n) is 9.62. The molecule has 0 aromatic carbocycles. The molecular weight excluding hydrogens is 398 g/mol. The summed E-state index contributed by atoms with van der Waals surface area (Å²) in [6, 6.07) is 0. The molecule has 0 spiro atoms. The van der Waals surface area contributed by atoms with Crippen LogP contribution in [0.1, 0.15) is 142 Å². The molecule has 2 atom stereocenters. The monoisotopic (exact) mass is 450 g/mol. The molecule has 0 amide bonds. The van der Waals surface area contributed by atoms with E-state index in [0.29, 0.717) is 0 Å². The number of hydrogen-bond donors (Lipinski definition) is 0. The van der Waals surface area contributed by atoms with Gasteiger partial charge in [-0.25, -0.2) is 0 Å². The number of hydrogen-bond acceptors (Lipinski definition) is 0. The molecule has 0 aromatic heterocycles. The standard InChI is InChI=1S/C28H52P2/c1-23(29(25-15-7-3-8-16-25)26-17-9-4-10-18-26)24(2)30(27-19-11-5-12-20-27)28-21-13-6-14-22-28/h23-28H,3-22H2,1-2H3/t23-,24-/m0/s1. The summed E-state index contributed by atoms with van der Waals surface area (Å²) >= 11 is 0. The summed E-state index contributed by atoms with van der Waals surface area (Å²) in [6.07, 6.45) is 31.4. The predicted octanol–water partition coefficient (Wildman–Crippen LogP) is 10.1. The second kappa shape index (κ2) is 12.4. The van der Waals surface area contributed by atoms with Crippen LogP contribution in [0.4, 0.5) is 0 Å².